The minimum atomic E-state index is -0.399. The highest BCUT2D eigenvalue weighted by Crippen LogP contribution is 2.33. The first kappa shape index (κ1) is 28.1. The third-order valence-corrected chi connectivity index (χ3v) is 8.57. The Morgan fingerprint density at radius 2 is 1.88 bits per heavy atom. The number of nitriles is 1. The molecule has 2 aliphatic heterocycles. The van der Waals surface area contributed by atoms with Gasteiger partial charge in [0.25, 0.3) is 0 Å². The normalized spacial score (nSPS) is 18.5. The fourth-order valence-corrected chi connectivity index (χ4v) is 6.18. The van der Waals surface area contributed by atoms with E-state index in [1.807, 2.05) is 10.6 Å². The zero-order valence-electron chi connectivity index (χ0n) is 23.8. The lowest BCUT2D eigenvalue weighted by atomic mass is 9.95. The van der Waals surface area contributed by atoms with Gasteiger partial charge >= 0.3 is 0 Å². The van der Waals surface area contributed by atoms with Crippen LogP contribution in [-0.4, -0.2) is 67.7 Å². The maximum atomic E-state index is 13.9. The minimum absolute atomic E-state index is 0.0665. The summed E-state index contributed by atoms with van der Waals surface area (Å²) in [6, 6.07) is 12.3. The highest BCUT2D eigenvalue weighted by molar-refractivity contribution is 6.33. The van der Waals surface area contributed by atoms with Crippen molar-refractivity contribution in [1.82, 2.24) is 29.5 Å². The maximum absolute atomic E-state index is 13.9. The van der Waals surface area contributed by atoms with Crippen LogP contribution in [0.2, 0.25) is 5.02 Å². The van der Waals surface area contributed by atoms with Crippen molar-refractivity contribution in [3.8, 4) is 17.3 Å². The molecular formula is C30H34ClFN10. The Morgan fingerprint density at radius 1 is 1.07 bits per heavy atom. The Labute approximate surface area is 249 Å². The van der Waals surface area contributed by atoms with Crippen molar-refractivity contribution < 1.29 is 4.39 Å². The number of hydrogen-bond acceptors (Lipinski definition) is 9. The average Bonchev–Trinajstić information content (AvgIpc) is 3.41. The molecule has 12 heteroatoms. The number of piperidine rings is 2. The first-order valence-electron chi connectivity index (χ1n) is 14.4. The molecule has 1 unspecified atom stereocenters. The summed E-state index contributed by atoms with van der Waals surface area (Å²) >= 11 is 6.48. The van der Waals surface area contributed by atoms with Gasteiger partial charge in [0.05, 0.1) is 16.3 Å². The molecule has 0 spiro atoms. The number of aromatic nitrogens is 5. The van der Waals surface area contributed by atoms with Gasteiger partial charge in [0.15, 0.2) is 11.5 Å². The number of nitrogens with two attached hydrogens (primary N) is 1. The first-order chi connectivity index (χ1) is 20.3. The number of halogens is 2. The average molecular weight is 589 g/mol. The number of benzene rings is 1. The van der Waals surface area contributed by atoms with Gasteiger partial charge in [-0.15, -0.1) is 5.10 Å². The van der Waals surface area contributed by atoms with E-state index in [1.54, 1.807) is 18.2 Å². The zero-order valence-corrected chi connectivity index (χ0v) is 24.5. The minimum Gasteiger partial charge on any atom is -0.383 e. The van der Waals surface area contributed by atoms with E-state index in [2.05, 4.69) is 40.0 Å². The summed E-state index contributed by atoms with van der Waals surface area (Å²) in [5.41, 5.74) is 8.25. The number of pyridine rings is 1. The van der Waals surface area contributed by atoms with Crippen molar-refractivity contribution in [3.63, 3.8) is 0 Å². The highest BCUT2D eigenvalue weighted by atomic mass is 35.5. The second kappa shape index (κ2) is 11.7. The van der Waals surface area contributed by atoms with E-state index in [0.717, 1.165) is 51.1 Å². The van der Waals surface area contributed by atoms with Crippen molar-refractivity contribution in [2.45, 2.75) is 57.5 Å². The molecule has 0 saturated carbocycles. The number of nitrogens with one attached hydrogen (secondary N) is 1. The number of hydrogen-bond donors (Lipinski definition) is 2. The lowest BCUT2D eigenvalue weighted by Gasteiger charge is -2.34. The SMILES string of the molecule is CC(C)N1CCC(c2nc3cc(-c4ccc(F)cc4Cl)nc(N4CCCC(Nc5ccc(C#N)c(N)n5)C4)n3n2)CC1. The molecule has 3 aromatic heterocycles. The Kier molecular flexibility index (Phi) is 7.84. The van der Waals surface area contributed by atoms with Crippen molar-refractivity contribution in [1.29, 1.82) is 5.26 Å². The zero-order chi connectivity index (χ0) is 29.4. The molecule has 42 heavy (non-hydrogen) atoms. The molecule has 0 aliphatic carbocycles. The van der Waals surface area contributed by atoms with Crippen LogP contribution < -0.4 is 16.0 Å². The molecule has 3 N–H and O–H groups in total. The lowest BCUT2D eigenvalue weighted by molar-refractivity contribution is 0.169. The standard InChI is InChI=1S/C30H34ClFN10/c1-18(2)40-12-9-19(10-13-40)29-38-27-15-25(23-7-6-21(32)14-24(23)31)36-30(42(27)39-29)41-11-3-4-22(17-41)35-26-8-5-20(16-33)28(34)37-26/h5-8,14-15,18-19,22H,3-4,9-13,17H2,1-2H3,(H3,34,35,37). The van der Waals surface area contributed by atoms with E-state index >= 15 is 0 Å². The Bertz CT molecular complexity index is 1640. The quantitative estimate of drug-likeness (QED) is 0.316. The van der Waals surface area contributed by atoms with Crippen LogP contribution in [0.3, 0.4) is 0 Å². The molecule has 2 aliphatic rings. The van der Waals surface area contributed by atoms with Crippen LogP contribution in [0.5, 0.6) is 0 Å². The van der Waals surface area contributed by atoms with Gasteiger partial charge in [-0.2, -0.15) is 9.78 Å². The lowest BCUT2D eigenvalue weighted by Crippen LogP contribution is -2.43. The summed E-state index contributed by atoms with van der Waals surface area (Å²) < 4.78 is 15.7. The molecule has 0 radical (unpaired) electrons. The molecule has 1 aromatic carbocycles. The maximum Gasteiger partial charge on any atom is 0.229 e. The predicted molar refractivity (Wildman–Crippen MR) is 162 cm³/mol. The van der Waals surface area contributed by atoms with Crippen LogP contribution in [0.4, 0.5) is 22.0 Å². The van der Waals surface area contributed by atoms with E-state index in [1.165, 1.54) is 12.1 Å². The van der Waals surface area contributed by atoms with Crippen LogP contribution in [0.15, 0.2) is 36.4 Å². The molecule has 2 fully saturated rings. The Morgan fingerprint density at radius 3 is 2.60 bits per heavy atom. The third kappa shape index (κ3) is 5.69. The molecule has 0 amide bonds. The summed E-state index contributed by atoms with van der Waals surface area (Å²) in [6.45, 7) is 7.94. The predicted octanol–water partition coefficient (Wildman–Crippen LogP) is 5.10. The van der Waals surface area contributed by atoms with Crippen LogP contribution in [0.25, 0.3) is 16.9 Å². The Balaban J connectivity index is 1.34. The first-order valence-corrected chi connectivity index (χ1v) is 14.8. The van der Waals surface area contributed by atoms with Crippen LogP contribution in [0, 0.1) is 17.1 Å². The monoisotopic (exact) mass is 588 g/mol. The number of rotatable bonds is 6. The molecule has 4 aromatic rings. The van der Waals surface area contributed by atoms with E-state index < -0.39 is 5.82 Å². The molecule has 10 nitrogen and oxygen atoms in total. The topological polar surface area (TPSA) is 124 Å². The number of nitrogens with zero attached hydrogens (tertiary/aromatic N) is 8. The van der Waals surface area contributed by atoms with Gasteiger partial charge in [-0.05, 0) is 83.0 Å². The molecule has 218 valence electrons. The summed E-state index contributed by atoms with van der Waals surface area (Å²) in [5, 5.41) is 18.0. The van der Waals surface area contributed by atoms with Crippen LogP contribution >= 0.6 is 11.6 Å². The largest absolute Gasteiger partial charge is 0.383 e. The molecule has 2 saturated heterocycles. The fourth-order valence-electron chi connectivity index (χ4n) is 5.91. The van der Waals surface area contributed by atoms with Gasteiger partial charge in [0.2, 0.25) is 5.95 Å². The fraction of sp³-hybridized carbons (Fsp3) is 0.433. The molecule has 1 atom stereocenters. The van der Waals surface area contributed by atoms with Crippen LogP contribution in [0.1, 0.15) is 56.8 Å². The second-order valence-electron chi connectivity index (χ2n) is 11.4. The van der Waals surface area contributed by atoms with Gasteiger partial charge in [0.1, 0.15) is 23.5 Å². The van der Waals surface area contributed by atoms with Gasteiger partial charge in [-0.25, -0.2) is 19.3 Å². The number of fused-ring (bicyclic) bond motifs is 1. The third-order valence-electron chi connectivity index (χ3n) is 8.26. The molecule has 0 bridgehead atoms. The summed E-state index contributed by atoms with van der Waals surface area (Å²) in [7, 11) is 0. The van der Waals surface area contributed by atoms with E-state index in [9.17, 15) is 9.65 Å². The molecular weight excluding hydrogens is 555 g/mol. The van der Waals surface area contributed by atoms with Crippen molar-refractivity contribution >= 4 is 34.8 Å². The summed E-state index contributed by atoms with van der Waals surface area (Å²) in [4.78, 5) is 19.1. The summed E-state index contributed by atoms with van der Waals surface area (Å²) in [6.07, 6.45) is 3.86. The molecule has 6 rings (SSSR count). The van der Waals surface area contributed by atoms with Gasteiger partial charge < -0.3 is 20.9 Å². The van der Waals surface area contributed by atoms with Gasteiger partial charge in [-0.3, -0.25) is 0 Å². The second-order valence-corrected chi connectivity index (χ2v) is 11.8. The van der Waals surface area contributed by atoms with E-state index in [-0.39, 0.29) is 17.8 Å². The molecule has 5 heterocycles. The van der Waals surface area contributed by atoms with Crippen LogP contribution in [-0.2, 0) is 0 Å². The number of anilines is 3. The highest BCUT2D eigenvalue weighted by Gasteiger charge is 2.28. The number of nitrogen functional groups attached to an aromatic ring is 1. The summed E-state index contributed by atoms with van der Waals surface area (Å²) in [5.74, 6) is 2.20. The van der Waals surface area contributed by atoms with E-state index in [0.29, 0.717) is 51.8 Å². The van der Waals surface area contributed by atoms with Crippen molar-refractivity contribution in [2.24, 2.45) is 0 Å². The van der Waals surface area contributed by atoms with Crippen molar-refractivity contribution in [3.05, 3.63) is 58.6 Å². The Hall–Kier alpha value is -4.01. The number of likely N-dealkylation sites (tertiary alicyclic amines) is 1. The van der Waals surface area contributed by atoms with Gasteiger partial charge in [-0.1, -0.05) is 11.6 Å². The van der Waals surface area contributed by atoms with Gasteiger partial charge in [0, 0.05) is 42.7 Å². The van der Waals surface area contributed by atoms with Crippen molar-refractivity contribution in [2.75, 3.05) is 42.1 Å². The smallest absolute Gasteiger partial charge is 0.229 e. The van der Waals surface area contributed by atoms with E-state index in [4.69, 9.17) is 32.4 Å².